The van der Waals surface area contributed by atoms with E-state index < -0.39 is 17.8 Å². The van der Waals surface area contributed by atoms with E-state index in [1.165, 1.54) is 12.0 Å². The Hall–Kier alpha value is -2.37. The Morgan fingerprint density at radius 1 is 1.15 bits per heavy atom. The second kappa shape index (κ2) is 7.93. The molecule has 0 unspecified atom stereocenters. The normalized spacial score (nSPS) is 9.70. The van der Waals surface area contributed by atoms with Gasteiger partial charge in [-0.1, -0.05) is 18.2 Å². The summed E-state index contributed by atoms with van der Waals surface area (Å²) in [7, 11) is 1.27. The number of methoxy groups -OCH3 is 1. The number of hydrogen-bond acceptors (Lipinski definition) is 5. The Morgan fingerprint density at radius 3 is 2.35 bits per heavy atom. The van der Waals surface area contributed by atoms with Crippen LogP contribution in [0, 0.1) is 0 Å². The summed E-state index contributed by atoms with van der Waals surface area (Å²) in [5, 5.41) is 0. The molecule has 0 saturated carbocycles. The lowest BCUT2D eigenvalue weighted by Crippen LogP contribution is -2.39. The number of amides is 1. The molecule has 0 aromatic heterocycles. The number of esters is 2. The van der Waals surface area contributed by atoms with E-state index in [0.29, 0.717) is 5.69 Å². The summed E-state index contributed by atoms with van der Waals surface area (Å²) in [6, 6.07) is 8.61. The summed E-state index contributed by atoms with van der Waals surface area (Å²) in [5.74, 6) is -2.20. The van der Waals surface area contributed by atoms with Crippen molar-refractivity contribution >= 4 is 23.5 Å². The van der Waals surface area contributed by atoms with Gasteiger partial charge in [0, 0.05) is 12.2 Å². The van der Waals surface area contributed by atoms with Crippen molar-refractivity contribution in [3.05, 3.63) is 30.3 Å². The van der Waals surface area contributed by atoms with E-state index in [4.69, 9.17) is 4.74 Å². The molecule has 0 saturated heterocycles. The number of carbonyl (C=O) groups excluding carboxylic acids is 3. The first-order valence-corrected chi connectivity index (χ1v) is 6.20. The van der Waals surface area contributed by atoms with Crippen molar-refractivity contribution in [2.45, 2.75) is 13.3 Å². The zero-order chi connectivity index (χ0) is 15.0. The molecule has 6 nitrogen and oxygen atoms in total. The molecule has 0 N–H and O–H groups in total. The van der Waals surface area contributed by atoms with Crippen LogP contribution in [0.25, 0.3) is 0 Å². The molecular formula is C14H17NO5. The minimum absolute atomic E-state index is 0.00343. The molecule has 6 heteroatoms. The van der Waals surface area contributed by atoms with Crippen LogP contribution < -0.4 is 4.90 Å². The number of nitrogens with zero attached hydrogens (tertiary/aromatic N) is 1. The van der Waals surface area contributed by atoms with Crippen LogP contribution in [0.5, 0.6) is 0 Å². The fourth-order valence-electron chi connectivity index (χ4n) is 1.56. The highest BCUT2D eigenvalue weighted by Gasteiger charge is 2.25. The molecule has 1 aromatic carbocycles. The smallest absolute Gasteiger partial charge is 0.397 e. The van der Waals surface area contributed by atoms with Gasteiger partial charge in [0.05, 0.1) is 20.1 Å². The maximum atomic E-state index is 12.0. The first kappa shape index (κ1) is 15.7. The predicted molar refractivity (Wildman–Crippen MR) is 72.1 cm³/mol. The third-order valence-corrected chi connectivity index (χ3v) is 2.53. The van der Waals surface area contributed by atoms with Crippen molar-refractivity contribution < 1.29 is 23.9 Å². The zero-order valence-corrected chi connectivity index (χ0v) is 11.5. The van der Waals surface area contributed by atoms with Gasteiger partial charge in [0.1, 0.15) is 0 Å². The van der Waals surface area contributed by atoms with E-state index >= 15 is 0 Å². The fourth-order valence-corrected chi connectivity index (χ4v) is 1.56. The van der Waals surface area contributed by atoms with E-state index in [-0.39, 0.29) is 19.6 Å². The lowest BCUT2D eigenvalue weighted by Gasteiger charge is -2.21. The first-order valence-electron chi connectivity index (χ1n) is 6.20. The average molecular weight is 279 g/mol. The molecule has 0 fully saturated rings. The van der Waals surface area contributed by atoms with Crippen LogP contribution >= 0.6 is 0 Å². The molecule has 0 aliphatic carbocycles. The Morgan fingerprint density at radius 2 is 1.80 bits per heavy atom. The van der Waals surface area contributed by atoms with Crippen molar-refractivity contribution in [2.24, 2.45) is 0 Å². The number of hydrogen-bond donors (Lipinski definition) is 0. The molecule has 0 radical (unpaired) electrons. The number of carbonyl (C=O) groups is 3. The van der Waals surface area contributed by atoms with Crippen LogP contribution in [-0.2, 0) is 23.9 Å². The lowest BCUT2D eigenvalue weighted by atomic mass is 10.2. The largest absolute Gasteiger partial charge is 0.469 e. The Kier molecular flexibility index (Phi) is 6.22. The van der Waals surface area contributed by atoms with Gasteiger partial charge in [-0.05, 0) is 19.1 Å². The van der Waals surface area contributed by atoms with Gasteiger partial charge in [0.25, 0.3) is 0 Å². The fraction of sp³-hybridized carbons (Fsp3) is 0.357. The van der Waals surface area contributed by atoms with Gasteiger partial charge in [0.2, 0.25) is 0 Å². The van der Waals surface area contributed by atoms with Crippen molar-refractivity contribution in [3.8, 4) is 0 Å². The van der Waals surface area contributed by atoms with Gasteiger partial charge in [0.15, 0.2) is 0 Å². The molecule has 0 atom stereocenters. The second-order valence-electron chi connectivity index (χ2n) is 3.84. The van der Waals surface area contributed by atoms with Crippen molar-refractivity contribution in [2.75, 3.05) is 25.2 Å². The molecule has 108 valence electrons. The summed E-state index contributed by atoms with van der Waals surface area (Å²) < 4.78 is 9.22. The quantitative estimate of drug-likeness (QED) is 0.597. The van der Waals surface area contributed by atoms with Gasteiger partial charge in [-0.3, -0.25) is 9.59 Å². The number of benzene rings is 1. The third kappa shape index (κ3) is 4.38. The molecule has 0 aliphatic rings. The third-order valence-electron chi connectivity index (χ3n) is 2.53. The van der Waals surface area contributed by atoms with Crippen LogP contribution in [0.4, 0.5) is 5.69 Å². The summed E-state index contributed by atoms with van der Waals surface area (Å²) in [5.41, 5.74) is 0.523. The van der Waals surface area contributed by atoms with E-state index in [1.54, 1.807) is 37.3 Å². The predicted octanol–water partition coefficient (Wildman–Crippen LogP) is 1.15. The number of anilines is 1. The van der Waals surface area contributed by atoms with Gasteiger partial charge in [-0.2, -0.15) is 0 Å². The van der Waals surface area contributed by atoms with Gasteiger partial charge in [-0.25, -0.2) is 4.79 Å². The van der Waals surface area contributed by atoms with Crippen molar-refractivity contribution in [1.29, 1.82) is 0 Å². The number of ether oxygens (including phenoxy) is 2. The summed E-state index contributed by atoms with van der Waals surface area (Å²) >= 11 is 0. The maximum Gasteiger partial charge on any atom is 0.397 e. The maximum absolute atomic E-state index is 12.0. The van der Waals surface area contributed by atoms with Crippen LogP contribution in [0.2, 0.25) is 0 Å². The molecular weight excluding hydrogens is 262 g/mol. The standard InChI is InChI=1S/C14H17NO5/c1-3-20-14(18)13(17)15(10-9-12(16)19-2)11-7-5-4-6-8-11/h4-8H,3,9-10H2,1-2H3. The second-order valence-corrected chi connectivity index (χ2v) is 3.84. The summed E-state index contributed by atoms with van der Waals surface area (Å²) in [4.78, 5) is 36.0. The highest BCUT2D eigenvalue weighted by molar-refractivity contribution is 6.38. The molecule has 1 amide bonds. The van der Waals surface area contributed by atoms with Crippen LogP contribution in [-0.4, -0.2) is 38.1 Å². The van der Waals surface area contributed by atoms with Crippen LogP contribution in [0.15, 0.2) is 30.3 Å². The van der Waals surface area contributed by atoms with Crippen LogP contribution in [0.1, 0.15) is 13.3 Å². The molecule has 0 spiro atoms. The minimum Gasteiger partial charge on any atom is -0.469 e. The van der Waals surface area contributed by atoms with Crippen LogP contribution in [0.3, 0.4) is 0 Å². The Bertz CT molecular complexity index is 472. The summed E-state index contributed by atoms with van der Waals surface area (Å²) in [6.45, 7) is 1.78. The van der Waals surface area contributed by atoms with E-state index in [9.17, 15) is 14.4 Å². The number of rotatable bonds is 5. The highest BCUT2D eigenvalue weighted by Crippen LogP contribution is 2.14. The van der Waals surface area contributed by atoms with E-state index in [1.807, 2.05) is 0 Å². The molecule has 0 aliphatic heterocycles. The van der Waals surface area contributed by atoms with Gasteiger partial charge < -0.3 is 14.4 Å². The first-order chi connectivity index (χ1) is 9.60. The lowest BCUT2D eigenvalue weighted by molar-refractivity contribution is -0.153. The van der Waals surface area contributed by atoms with Crippen molar-refractivity contribution in [3.63, 3.8) is 0 Å². The van der Waals surface area contributed by atoms with Gasteiger partial charge >= 0.3 is 17.8 Å². The molecule has 1 rings (SSSR count). The number of para-hydroxylation sites is 1. The van der Waals surface area contributed by atoms with Gasteiger partial charge in [-0.15, -0.1) is 0 Å². The summed E-state index contributed by atoms with van der Waals surface area (Å²) in [6.07, 6.45) is -0.00343. The topological polar surface area (TPSA) is 72.9 Å². The Balaban J connectivity index is 2.87. The Labute approximate surface area is 117 Å². The monoisotopic (exact) mass is 279 g/mol. The van der Waals surface area contributed by atoms with E-state index in [2.05, 4.69) is 4.74 Å². The van der Waals surface area contributed by atoms with E-state index in [0.717, 1.165) is 0 Å². The highest BCUT2D eigenvalue weighted by atomic mass is 16.5. The SMILES string of the molecule is CCOC(=O)C(=O)N(CCC(=O)OC)c1ccccc1. The minimum atomic E-state index is -0.943. The van der Waals surface area contributed by atoms with Crippen molar-refractivity contribution in [1.82, 2.24) is 0 Å². The molecule has 1 aromatic rings. The average Bonchev–Trinajstić information content (AvgIpc) is 2.48. The molecule has 20 heavy (non-hydrogen) atoms. The molecule has 0 bridgehead atoms. The molecule has 0 heterocycles. The zero-order valence-electron chi connectivity index (χ0n) is 11.5.